The van der Waals surface area contributed by atoms with Crippen molar-refractivity contribution in [1.82, 2.24) is 4.90 Å². The quantitative estimate of drug-likeness (QED) is 0.921. The Kier molecular flexibility index (Phi) is 4.95. The van der Waals surface area contributed by atoms with E-state index in [1.807, 2.05) is 30.3 Å². The van der Waals surface area contributed by atoms with Gasteiger partial charge in [-0.15, -0.1) is 0 Å². The number of alkyl halides is 1. The summed E-state index contributed by atoms with van der Waals surface area (Å²) in [6.45, 7) is 1.38. The summed E-state index contributed by atoms with van der Waals surface area (Å²) in [5.74, 6) is 0. The highest BCUT2D eigenvalue weighted by atomic mass is 19.1. The van der Waals surface area contributed by atoms with Crippen molar-refractivity contribution in [3.63, 3.8) is 0 Å². The van der Waals surface area contributed by atoms with Gasteiger partial charge in [-0.1, -0.05) is 30.3 Å². The first-order valence-corrected chi connectivity index (χ1v) is 6.98. The van der Waals surface area contributed by atoms with Crippen LogP contribution < -0.4 is 5.73 Å². The van der Waals surface area contributed by atoms with Crippen LogP contribution in [0.25, 0.3) is 0 Å². The number of carbonyl (C=O) groups is 1. The molecule has 0 unspecified atom stereocenters. The molecule has 110 valence electrons. The van der Waals surface area contributed by atoms with Crippen molar-refractivity contribution in [1.29, 1.82) is 0 Å². The molecule has 1 aliphatic heterocycles. The summed E-state index contributed by atoms with van der Waals surface area (Å²) in [6.07, 6.45) is 0.665. The molecule has 1 aromatic carbocycles. The van der Waals surface area contributed by atoms with Gasteiger partial charge >= 0.3 is 6.09 Å². The minimum Gasteiger partial charge on any atom is -0.445 e. The van der Waals surface area contributed by atoms with Crippen molar-refractivity contribution < 1.29 is 13.9 Å². The highest BCUT2D eigenvalue weighted by molar-refractivity contribution is 5.67. The number of carbonyl (C=O) groups excluding carboxylic acids is 1. The van der Waals surface area contributed by atoms with Crippen molar-refractivity contribution in [3.8, 4) is 0 Å². The number of likely N-dealkylation sites (tertiary alicyclic amines) is 1. The third kappa shape index (κ3) is 3.93. The second kappa shape index (κ2) is 6.70. The Balaban J connectivity index is 1.77. The Bertz CT molecular complexity index is 431. The van der Waals surface area contributed by atoms with Crippen molar-refractivity contribution in [2.45, 2.75) is 31.5 Å². The highest BCUT2D eigenvalue weighted by Gasteiger charge is 2.35. The first-order chi connectivity index (χ1) is 9.63. The van der Waals surface area contributed by atoms with Gasteiger partial charge in [-0.05, 0) is 31.4 Å². The van der Waals surface area contributed by atoms with Crippen LogP contribution in [0.5, 0.6) is 0 Å². The predicted octanol–water partition coefficient (Wildman–Crippen LogP) is 2.48. The van der Waals surface area contributed by atoms with E-state index >= 15 is 0 Å². The summed E-state index contributed by atoms with van der Waals surface area (Å²) >= 11 is 0. The number of piperidine rings is 1. The number of benzene rings is 1. The molecule has 2 N–H and O–H groups in total. The molecule has 0 bridgehead atoms. The van der Waals surface area contributed by atoms with Gasteiger partial charge in [0.25, 0.3) is 0 Å². The van der Waals surface area contributed by atoms with Crippen LogP contribution >= 0.6 is 0 Å². The largest absolute Gasteiger partial charge is 0.445 e. The van der Waals surface area contributed by atoms with Crippen LogP contribution in [0.2, 0.25) is 0 Å². The van der Waals surface area contributed by atoms with Crippen LogP contribution in [0.3, 0.4) is 0 Å². The molecule has 0 radical (unpaired) electrons. The number of hydrogen-bond donors (Lipinski definition) is 1. The molecule has 0 spiro atoms. The van der Waals surface area contributed by atoms with Crippen molar-refractivity contribution in [2.75, 3.05) is 19.6 Å². The fourth-order valence-electron chi connectivity index (χ4n) is 2.41. The Morgan fingerprint density at radius 3 is 2.55 bits per heavy atom. The van der Waals surface area contributed by atoms with E-state index in [1.54, 1.807) is 4.90 Å². The maximum Gasteiger partial charge on any atom is 0.410 e. The fourth-order valence-corrected chi connectivity index (χ4v) is 2.41. The molecule has 0 aliphatic carbocycles. The van der Waals surface area contributed by atoms with Gasteiger partial charge in [0.05, 0.1) is 0 Å². The third-order valence-electron chi connectivity index (χ3n) is 3.72. The molecule has 20 heavy (non-hydrogen) atoms. The molecule has 1 heterocycles. The van der Waals surface area contributed by atoms with Gasteiger partial charge in [-0.25, -0.2) is 9.18 Å². The molecular weight excluding hydrogens is 259 g/mol. The second-order valence-electron chi connectivity index (χ2n) is 5.22. The topological polar surface area (TPSA) is 55.6 Å². The van der Waals surface area contributed by atoms with Crippen LogP contribution in [0, 0.1) is 0 Å². The molecule has 1 amide bonds. The monoisotopic (exact) mass is 280 g/mol. The molecule has 1 saturated heterocycles. The first-order valence-electron chi connectivity index (χ1n) is 6.98. The number of nitrogens with two attached hydrogens (primary N) is 1. The van der Waals surface area contributed by atoms with E-state index in [-0.39, 0.29) is 12.7 Å². The van der Waals surface area contributed by atoms with Crippen molar-refractivity contribution >= 4 is 6.09 Å². The van der Waals surface area contributed by atoms with Crippen LogP contribution in [0.1, 0.15) is 24.8 Å². The van der Waals surface area contributed by atoms with Gasteiger partial charge in [0, 0.05) is 13.1 Å². The lowest BCUT2D eigenvalue weighted by Crippen LogP contribution is -2.45. The minimum absolute atomic E-state index is 0.250. The van der Waals surface area contributed by atoms with Crippen molar-refractivity contribution in [2.24, 2.45) is 5.73 Å². The van der Waals surface area contributed by atoms with Crippen LogP contribution in [0.15, 0.2) is 30.3 Å². The van der Waals surface area contributed by atoms with E-state index in [0.717, 1.165) is 5.56 Å². The van der Waals surface area contributed by atoms with E-state index in [4.69, 9.17) is 10.5 Å². The van der Waals surface area contributed by atoms with Crippen molar-refractivity contribution in [3.05, 3.63) is 35.9 Å². The molecule has 0 atom stereocenters. The Labute approximate surface area is 118 Å². The van der Waals surface area contributed by atoms with Gasteiger partial charge in [-0.3, -0.25) is 0 Å². The highest BCUT2D eigenvalue weighted by Crippen LogP contribution is 2.29. The average molecular weight is 280 g/mol. The number of ether oxygens (including phenoxy) is 1. The summed E-state index contributed by atoms with van der Waals surface area (Å²) in [6, 6.07) is 9.51. The second-order valence-corrected chi connectivity index (χ2v) is 5.22. The van der Waals surface area contributed by atoms with Crippen LogP contribution in [0.4, 0.5) is 9.18 Å². The maximum absolute atomic E-state index is 14.2. The predicted molar refractivity (Wildman–Crippen MR) is 74.9 cm³/mol. The van der Waals surface area contributed by atoms with Gasteiger partial charge < -0.3 is 15.4 Å². The van der Waals surface area contributed by atoms with Crippen LogP contribution in [-0.4, -0.2) is 36.3 Å². The molecule has 2 rings (SSSR count). The van der Waals surface area contributed by atoms with Gasteiger partial charge in [0.2, 0.25) is 0 Å². The zero-order valence-corrected chi connectivity index (χ0v) is 11.6. The summed E-state index contributed by atoms with van der Waals surface area (Å²) in [7, 11) is 0. The Morgan fingerprint density at radius 2 is 1.95 bits per heavy atom. The Hall–Kier alpha value is -1.62. The lowest BCUT2D eigenvalue weighted by molar-refractivity contribution is 0.0378. The fraction of sp³-hybridized carbons (Fsp3) is 0.533. The molecular formula is C15H21FN2O2. The summed E-state index contributed by atoms with van der Waals surface area (Å²) < 4.78 is 19.4. The maximum atomic E-state index is 14.2. The number of rotatable bonds is 4. The number of hydrogen-bond acceptors (Lipinski definition) is 3. The molecule has 5 heteroatoms. The van der Waals surface area contributed by atoms with E-state index in [9.17, 15) is 9.18 Å². The van der Waals surface area contributed by atoms with E-state index in [0.29, 0.717) is 38.9 Å². The molecule has 1 aromatic rings. The van der Waals surface area contributed by atoms with Crippen LogP contribution in [-0.2, 0) is 11.3 Å². The third-order valence-corrected chi connectivity index (χ3v) is 3.72. The van der Waals surface area contributed by atoms with E-state index in [2.05, 4.69) is 0 Å². The molecule has 4 nitrogen and oxygen atoms in total. The lowest BCUT2D eigenvalue weighted by Gasteiger charge is -2.35. The van der Waals surface area contributed by atoms with Gasteiger partial charge in [0.1, 0.15) is 12.3 Å². The van der Waals surface area contributed by atoms with E-state index < -0.39 is 5.67 Å². The smallest absolute Gasteiger partial charge is 0.410 e. The van der Waals surface area contributed by atoms with E-state index in [1.165, 1.54) is 0 Å². The first kappa shape index (κ1) is 14.8. The summed E-state index contributed by atoms with van der Waals surface area (Å²) in [5, 5.41) is 0. The number of amides is 1. The molecule has 0 aromatic heterocycles. The lowest BCUT2D eigenvalue weighted by atomic mass is 9.90. The number of halogens is 1. The molecule has 1 fully saturated rings. The normalized spacial score (nSPS) is 17.8. The van der Waals surface area contributed by atoms with Gasteiger partial charge in [0.15, 0.2) is 0 Å². The standard InChI is InChI=1S/C15H21FN2O2/c16-15(6-9-17)7-10-18(11-8-15)14(19)20-12-13-4-2-1-3-5-13/h1-5H,6-12,17H2. The Morgan fingerprint density at radius 1 is 1.30 bits per heavy atom. The SMILES string of the molecule is NCCC1(F)CCN(C(=O)OCc2ccccc2)CC1. The number of nitrogens with zero attached hydrogens (tertiary/aromatic N) is 1. The summed E-state index contributed by atoms with van der Waals surface area (Å²) in [5.41, 5.74) is 5.13. The summed E-state index contributed by atoms with van der Waals surface area (Å²) in [4.78, 5) is 13.5. The molecule has 1 aliphatic rings. The molecule has 0 saturated carbocycles. The minimum atomic E-state index is -1.22. The average Bonchev–Trinajstić information content (AvgIpc) is 2.47. The zero-order valence-electron chi connectivity index (χ0n) is 11.6. The zero-order chi connectivity index (χ0) is 14.4. The van der Waals surface area contributed by atoms with Gasteiger partial charge in [-0.2, -0.15) is 0 Å².